The molecule has 4 nitrogen and oxygen atoms in total. The van der Waals surface area contributed by atoms with Gasteiger partial charge in [0.05, 0.1) is 7.11 Å². The van der Waals surface area contributed by atoms with E-state index in [2.05, 4.69) is 19.2 Å². The Bertz CT molecular complexity index is 433. The number of hydrogen-bond acceptors (Lipinski definition) is 4. The molecule has 1 aliphatic carbocycles. The van der Waals surface area contributed by atoms with Crippen molar-refractivity contribution >= 4 is 0 Å². The molecule has 20 heavy (non-hydrogen) atoms. The van der Waals surface area contributed by atoms with E-state index in [1.807, 2.05) is 24.3 Å². The fraction of sp³-hybridized carbons (Fsp3) is 0.625. The molecule has 0 aromatic heterocycles. The Kier molecular flexibility index (Phi) is 4.89. The van der Waals surface area contributed by atoms with Crippen molar-refractivity contribution in [1.82, 2.24) is 5.32 Å². The lowest BCUT2D eigenvalue weighted by Crippen LogP contribution is -2.33. The van der Waals surface area contributed by atoms with Gasteiger partial charge in [-0.1, -0.05) is 19.9 Å². The van der Waals surface area contributed by atoms with Crippen molar-refractivity contribution in [3.8, 4) is 11.5 Å². The van der Waals surface area contributed by atoms with Crippen molar-refractivity contribution in [2.75, 3.05) is 26.8 Å². The molecular formula is C16H25NO3. The highest BCUT2D eigenvalue weighted by atomic mass is 16.5. The van der Waals surface area contributed by atoms with Gasteiger partial charge in [0, 0.05) is 12.6 Å². The summed E-state index contributed by atoms with van der Waals surface area (Å²) in [7, 11) is 1.62. The summed E-state index contributed by atoms with van der Waals surface area (Å²) in [6, 6.07) is 7.40. The summed E-state index contributed by atoms with van der Waals surface area (Å²) in [4.78, 5) is 0. The zero-order valence-electron chi connectivity index (χ0n) is 12.6. The second-order valence-electron chi connectivity index (χ2n) is 6.19. The topological polar surface area (TPSA) is 50.7 Å². The second-order valence-corrected chi connectivity index (χ2v) is 6.19. The number of benzene rings is 1. The molecule has 112 valence electrons. The predicted octanol–water partition coefficient (Wildman–Crippen LogP) is 2.07. The highest BCUT2D eigenvalue weighted by Crippen LogP contribution is 2.50. The van der Waals surface area contributed by atoms with Crippen LogP contribution in [0.3, 0.4) is 0 Å². The van der Waals surface area contributed by atoms with Gasteiger partial charge in [0.2, 0.25) is 0 Å². The summed E-state index contributed by atoms with van der Waals surface area (Å²) in [5, 5.41) is 13.2. The Morgan fingerprint density at radius 1 is 1.40 bits per heavy atom. The van der Waals surface area contributed by atoms with Gasteiger partial charge < -0.3 is 19.9 Å². The minimum absolute atomic E-state index is 0.286. The van der Waals surface area contributed by atoms with Crippen LogP contribution in [-0.2, 0) is 0 Å². The van der Waals surface area contributed by atoms with E-state index in [9.17, 15) is 5.11 Å². The average Bonchev–Trinajstić information content (AvgIpc) is 3.04. The van der Waals surface area contributed by atoms with Crippen molar-refractivity contribution in [3.05, 3.63) is 24.3 Å². The number of ether oxygens (including phenoxy) is 2. The van der Waals surface area contributed by atoms with Crippen LogP contribution in [-0.4, -0.2) is 38.0 Å². The van der Waals surface area contributed by atoms with Crippen LogP contribution in [0.2, 0.25) is 0 Å². The third-order valence-corrected chi connectivity index (χ3v) is 3.97. The van der Waals surface area contributed by atoms with Crippen LogP contribution in [0.5, 0.6) is 11.5 Å². The fourth-order valence-electron chi connectivity index (χ4n) is 2.29. The molecule has 1 saturated carbocycles. The first-order valence-corrected chi connectivity index (χ1v) is 7.17. The van der Waals surface area contributed by atoms with E-state index < -0.39 is 6.10 Å². The molecule has 2 N–H and O–H groups in total. The van der Waals surface area contributed by atoms with Gasteiger partial charge in [0.15, 0.2) is 0 Å². The van der Waals surface area contributed by atoms with Gasteiger partial charge in [0.25, 0.3) is 0 Å². The number of nitrogens with one attached hydrogen (secondary N) is 1. The van der Waals surface area contributed by atoms with E-state index in [-0.39, 0.29) is 6.61 Å². The van der Waals surface area contributed by atoms with Gasteiger partial charge in [-0.2, -0.15) is 0 Å². The van der Waals surface area contributed by atoms with Crippen LogP contribution in [0.4, 0.5) is 0 Å². The highest BCUT2D eigenvalue weighted by molar-refractivity contribution is 5.32. The number of rotatable bonds is 8. The maximum Gasteiger partial charge on any atom is 0.123 e. The van der Waals surface area contributed by atoms with Crippen molar-refractivity contribution in [2.45, 2.75) is 26.4 Å². The van der Waals surface area contributed by atoms with Gasteiger partial charge in [-0.3, -0.25) is 0 Å². The Labute approximate surface area is 121 Å². The quantitative estimate of drug-likeness (QED) is 0.765. The molecule has 2 atom stereocenters. The van der Waals surface area contributed by atoms with E-state index >= 15 is 0 Å². The number of methoxy groups -OCH3 is 1. The standard InChI is InChI=1S/C16H25NO3/c1-16(2)8-12(16)9-17-10-13(18)11-20-15-6-4-5-14(7-15)19-3/h4-7,12-13,17-18H,8-11H2,1-3H3. The van der Waals surface area contributed by atoms with Crippen LogP contribution in [0.15, 0.2) is 24.3 Å². The first-order chi connectivity index (χ1) is 9.51. The monoisotopic (exact) mass is 279 g/mol. The number of hydrogen-bond donors (Lipinski definition) is 2. The molecule has 1 aliphatic rings. The van der Waals surface area contributed by atoms with Crippen LogP contribution in [0.1, 0.15) is 20.3 Å². The van der Waals surface area contributed by atoms with E-state index in [0.29, 0.717) is 17.7 Å². The third-order valence-electron chi connectivity index (χ3n) is 3.97. The Balaban J connectivity index is 1.63. The normalized spacial score (nSPS) is 21.3. The molecule has 2 rings (SSSR count). The SMILES string of the molecule is COc1cccc(OCC(O)CNCC2CC2(C)C)c1. The predicted molar refractivity (Wildman–Crippen MR) is 79.3 cm³/mol. The molecule has 0 radical (unpaired) electrons. The Hall–Kier alpha value is -1.26. The van der Waals surface area contributed by atoms with Gasteiger partial charge in [-0.05, 0) is 36.4 Å². The fourth-order valence-corrected chi connectivity index (χ4v) is 2.29. The summed E-state index contributed by atoms with van der Waals surface area (Å²) in [5.41, 5.74) is 0.481. The zero-order valence-corrected chi connectivity index (χ0v) is 12.6. The van der Waals surface area contributed by atoms with Gasteiger partial charge in [-0.25, -0.2) is 0 Å². The van der Waals surface area contributed by atoms with E-state index in [1.165, 1.54) is 6.42 Å². The average molecular weight is 279 g/mol. The van der Waals surface area contributed by atoms with Crippen molar-refractivity contribution in [2.24, 2.45) is 11.3 Å². The molecule has 0 aliphatic heterocycles. The van der Waals surface area contributed by atoms with Crippen molar-refractivity contribution < 1.29 is 14.6 Å². The molecule has 0 amide bonds. The maximum absolute atomic E-state index is 9.88. The smallest absolute Gasteiger partial charge is 0.123 e. The Morgan fingerprint density at radius 3 is 2.75 bits per heavy atom. The molecule has 0 spiro atoms. The lowest BCUT2D eigenvalue weighted by atomic mass is 10.1. The lowest BCUT2D eigenvalue weighted by molar-refractivity contribution is 0.106. The van der Waals surface area contributed by atoms with Crippen LogP contribution in [0, 0.1) is 11.3 Å². The first-order valence-electron chi connectivity index (χ1n) is 7.17. The zero-order chi connectivity index (χ0) is 14.6. The Morgan fingerprint density at radius 2 is 2.10 bits per heavy atom. The summed E-state index contributed by atoms with van der Waals surface area (Å²) >= 11 is 0. The van der Waals surface area contributed by atoms with Gasteiger partial charge in [0.1, 0.15) is 24.2 Å². The summed E-state index contributed by atoms with van der Waals surface area (Å²) in [6.45, 7) is 6.39. The summed E-state index contributed by atoms with van der Waals surface area (Å²) in [5.74, 6) is 2.21. The van der Waals surface area contributed by atoms with E-state index in [0.717, 1.165) is 18.2 Å². The number of aliphatic hydroxyl groups excluding tert-OH is 1. The van der Waals surface area contributed by atoms with E-state index in [1.54, 1.807) is 7.11 Å². The lowest BCUT2D eigenvalue weighted by Gasteiger charge is -2.14. The minimum atomic E-state index is -0.497. The van der Waals surface area contributed by atoms with Crippen molar-refractivity contribution in [3.63, 3.8) is 0 Å². The minimum Gasteiger partial charge on any atom is -0.497 e. The number of aliphatic hydroxyl groups is 1. The molecule has 0 heterocycles. The van der Waals surface area contributed by atoms with Gasteiger partial charge >= 0.3 is 0 Å². The maximum atomic E-state index is 9.88. The molecule has 0 saturated heterocycles. The molecule has 0 bridgehead atoms. The molecule has 1 fully saturated rings. The molecule has 4 heteroatoms. The largest absolute Gasteiger partial charge is 0.497 e. The van der Waals surface area contributed by atoms with Crippen molar-refractivity contribution in [1.29, 1.82) is 0 Å². The summed E-state index contributed by atoms with van der Waals surface area (Å²) < 4.78 is 10.7. The highest BCUT2D eigenvalue weighted by Gasteiger charge is 2.44. The summed E-state index contributed by atoms with van der Waals surface area (Å²) in [6.07, 6.45) is 0.777. The molecule has 1 aromatic carbocycles. The van der Waals surface area contributed by atoms with Gasteiger partial charge in [-0.15, -0.1) is 0 Å². The first kappa shape index (κ1) is 15.1. The van der Waals surface area contributed by atoms with Crippen LogP contribution >= 0.6 is 0 Å². The van der Waals surface area contributed by atoms with Crippen LogP contribution < -0.4 is 14.8 Å². The molecule has 2 unspecified atom stereocenters. The molecule has 1 aromatic rings. The van der Waals surface area contributed by atoms with E-state index in [4.69, 9.17) is 9.47 Å². The van der Waals surface area contributed by atoms with Crippen LogP contribution in [0.25, 0.3) is 0 Å². The third kappa shape index (κ3) is 4.39. The second kappa shape index (κ2) is 6.46. The molecular weight excluding hydrogens is 254 g/mol.